The Kier molecular flexibility index (Phi) is 4.56. The Morgan fingerprint density at radius 1 is 1.37 bits per heavy atom. The second kappa shape index (κ2) is 6.17. The smallest absolute Gasteiger partial charge is 0.233 e. The quantitative estimate of drug-likeness (QED) is 0.752. The van der Waals surface area contributed by atoms with Crippen LogP contribution in [0.5, 0.6) is 0 Å². The van der Waals surface area contributed by atoms with Gasteiger partial charge in [-0.2, -0.15) is 0 Å². The third-order valence-electron chi connectivity index (χ3n) is 3.48. The van der Waals surface area contributed by atoms with Crippen molar-refractivity contribution in [2.24, 2.45) is 11.7 Å². The predicted octanol–water partition coefficient (Wildman–Crippen LogP) is 1.49. The van der Waals surface area contributed by atoms with Gasteiger partial charge >= 0.3 is 0 Å². The number of amides is 1. The van der Waals surface area contributed by atoms with Gasteiger partial charge in [-0.15, -0.1) is 0 Å². The van der Waals surface area contributed by atoms with Crippen LogP contribution in [-0.2, 0) is 4.79 Å². The zero-order valence-corrected chi connectivity index (χ0v) is 11.6. The highest BCUT2D eigenvalue weighted by Gasteiger charge is 2.27. The van der Waals surface area contributed by atoms with Crippen LogP contribution in [0.1, 0.15) is 43.5 Å². The van der Waals surface area contributed by atoms with Crippen molar-refractivity contribution in [2.75, 3.05) is 13.1 Å². The molecular formula is C15H23N3O. The van der Waals surface area contributed by atoms with Crippen LogP contribution in [0.15, 0.2) is 24.3 Å². The summed E-state index contributed by atoms with van der Waals surface area (Å²) in [5.74, 6) is 0.524. The maximum atomic E-state index is 11.7. The zero-order chi connectivity index (χ0) is 13.8. The van der Waals surface area contributed by atoms with Crippen LogP contribution in [0.3, 0.4) is 0 Å². The molecule has 4 nitrogen and oxygen atoms in total. The number of hydrogen-bond acceptors (Lipinski definition) is 3. The first-order valence-electron chi connectivity index (χ1n) is 6.92. The van der Waals surface area contributed by atoms with E-state index in [1.165, 1.54) is 11.1 Å². The lowest BCUT2D eigenvalue weighted by Crippen LogP contribution is -2.37. The molecule has 0 aromatic heterocycles. The molecule has 0 spiro atoms. The van der Waals surface area contributed by atoms with E-state index in [0.29, 0.717) is 12.5 Å². The molecule has 104 valence electrons. The Hall–Kier alpha value is -1.39. The first kappa shape index (κ1) is 14.0. The molecule has 0 saturated heterocycles. The van der Waals surface area contributed by atoms with E-state index in [9.17, 15) is 4.79 Å². The minimum atomic E-state index is 0.0478. The van der Waals surface area contributed by atoms with Crippen molar-refractivity contribution in [1.29, 1.82) is 0 Å². The Morgan fingerprint density at radius 3 is 2.74 bits per heavy atom. The minimum Gasteiger partial charge on any atom is -0.355 e. The highest BCUT2D eigenvalue weighted by atomic mass is 16.1. The van der Waals surface area contributed by atoms with Gasteiger partial charge in [-0.25, -0.2) is 0 Å². The SMILES string of the molecule is CC(C)CNC(=O)CNC1CC(N)c2ccccc21. The van der Waals surface area contributed by atoms with Gasteiger partial charge in [0, 0.05) is 18.6 Å². The molecule has 4 N–H and O–H groups in total. The van der Waals surface area contributed by atoms with Gasteiger partial charge in [-0.1, -0.05) is 38.1 Å². The lowest BCUT2D eigenvalue weighted by molar-refractivity contribution is -0.120. The van der Waals surface area contributed by atoms with Gasteiger partial charge in [-0.3, -0.25) is 4.79 Å². The van der Waals surface area contributed by atoms with Crippen LogP contribution < -0.4 is 16.4 Å². The fourth-order valence-corrected chi connectivity index (χ4v) is 2.46. The summed E-state index contributed by atoms with van der Waals surface area (Å²) in [5.41, 5.74) is 8.53. The summed E-state index contributed by atoms with van der Waals surface area (Å²) in [6.07, 6.45) is 0.858. The standard InChI is InChI=1S/C15H23N3O/c1-10(2)8-18-15(19)9-17-14-7-13(16)11-5-3-4-6-12(11)14/h3-6,10,13-14,17H,7-9,16H2,1-2H3,(H,18,19). The van der Waals surface area contributed by atoms with Gasteiger partial charge in [0.1, 0.15) is 0 Å². The second-order valence-electron chi connectivity index (χ2n) is 5.60. The maximum Gasteiger partial charge on any atom is 0.233 e. The summed E-state index contributed by atoms with van der Waals surface area (Å²) in [6, 6.07) is 8.45. The average molecular weight is 261 g/mol. The van der Waals surface area contributed by atoms with Crippen molar-refractivity contribution in [1.82, 2.24) is 10.6 Å². The molecule has 0 aliphatic heterocycles. The summed E-state index contributed by atoms with van der Waals surface area (Å²) in [6.45, 7) is 5.24. The van der Waals surface area contributed by atoms with E-state index in [0.717, 1.165) is 13.0 Å². The van der Waals surface area contributed by atoms with Crippen molar-refractivity contribution in [3.8, 4) is 0 Å². The van der Waals surface area contributed by atoms with E-state index in [1.54, 1.807) is 0 Å². The van der Waals surface area contributed by atoms with Gasteiger partial charge in [-0.05, 0) is 23.5 Å². The number of benzene rings is 1. The lowest BCUT2D eigenvalue weighted by atomic mass is 10.1. The summed E-state index contributed by atoms with van der Waals surface area (Å²) in [7, 11) is 0. The van der Waals surface area contributed by atoms with E-state index < -0.39 is 0 Å². The lowest BCUT2D eigenvalue weighted by Gasteiger charge is -2.14. The monoisotopic (exact) mass is 261 g/mol. The van der Waals surface area contributed by atoms with Crippen LogP contribution in [0, 0.1) is 5.92 Å². The van der Waals surface area contributed by atoms with E-state index in [-0.39, 0.29) is 18.0 Å². The van der Waals surface area contributed by atoms with Gasteiger partial charge in [0.25, 0.3) is 0 Å². The van der Waals surface area contributed by atoms with Gasteiger partial charge in [0.15, 0.2) is 0 Å². The highest BCUT2D eigenvalue weighted by Crippen LogP contribution is 2.36. The predicted molar refractivity (Wildman–Crippen MR) is 76.6 cm³/mol. The van der Waals surface area contributed by atoms with Crippen LogP contribution in [0.4, 0.5) is 0 Å². The number of carbonyl (C=O) groups is 1. The molecule has 0 radical (unpaired) electrons. The molecule has 0 fully saturated rings. The topological polar surface area (TPSA) is 67.2 Å². The molecule has 4 heteroatoms. The second-order valence-corrected chi connectivity index (χ2v) is 5.60. The molecule has 0 heterocycles. The number of nitrogens with one attached hydrogen (secondary N) is 2. The number of rotatable bonds is 5. The average Bonchev–Trinajstić information content (AvgIpc) is 2.71. The minimum absolute atomic E-state index is 0.0478. The van der Waals surface area contributed by atoms with Gasteiger partial charge in [0.05, 0.1) is 6.54 Å². The van der Waals surface area contributed by atoms with Crippen LogP contribution in [0.2, 0.25) is 0 Å². The Balaban J connectivity index is 1.86. The normalized spacial score (nSPS) is 21.5. The molecule has 1 amide bonds. The van der Waals surface area contributed by atoms with Gasteiger partial charge < -0.3 is 16.4 Å². The Morgan fingerprint density at radius 2 is 2.05 bits per heavy atom. The summed E-state index contributed by atoms with van der Waals surface area (Å²) in [4.78, 5) is 11.7. The van der Waals surface area contributed by atoms with Gasteiger partial charge in [0.2, 0.25) is 5.91 Å². The number of fused-ring (bicyclic) bond motifs is 1. The molecule has 2 unspecified atom stereocenters. The van der Waals surface area contributed by atoms with Crippen molar-refractivity contribution in [3.63, 3.8) is 0 Å². The highest BCUT2D eigenvalue weighted by molar-refractivity contribution is 5.78. The van der Waals surface area contributed by atoms with E-state index in [2.05, 4.69) is 36.6 Å². The first-order valence-corrected chi connectivity index (χ1v) is 6.92. The van der Waals surface area contributed by atoms with E-state index in [4.69, 9.17) is 5.73 Å². The molecule has 19 heavy (non-hydrogen) atoms. The van der Waals surface area contributed by atoms with E-state index in [1.807, 2.05) is 12.1 Å². The van der Waals surface area contributed by atoms with Crippen molar-refractivity contribution < 1.29 is 4.79 Å². The zero-order valence-electron chi connectivity index (χ0n) is 11.6. The largest absolute Gasteiger partial charge is 0.355 e. The van der Waals surface area contributed by atoms with Crippen LogP contribution >= 0.6 is 0 Å². The third-order valence-corrected chi connectivity index (χ3v) is 3.48. The molecule has 2 rings (SSSR count). The molecule has 1 aliphatic carbocycles. The fraction of sp³-hybridized carbons (Fsp3) is 0.533. The van der Waals surface area contributed by atoms with Crippen molar-refractivity contribution in [2.45, 2.75) is 32.4 Å². The molecule has 1 aromatic rings. The van der Waals surface area contributed by atoms with Crippen LogP contribution in [-0.4, -0.2) is 19.0 Å². The van der Waals surface area contributed by atoms with Crippen LogP contribution in [0.25, 0.3) is 0 Å². The summed E-state index contributed by atoms with van der Waals surface area (Å²) in [5, 5.41) is 6.21. The Bertz CT molecular complexity index is 445. The number of hydrogen-bond donors (Lipinski definition) is 3. The summed E-state index contributed by atoms with van der Waals surface area (Å²) < 4.78 is 0. The molecular weight excluding hydrogens is 238 g/mol. The number of nitrogens with two attached hydrogens (primary N) is 1. The molecule has 0 bridgehead atoms. The molecule has 2 atom stereocenters. The third kappa shape index (κ3) is 3.55. The molecule has 1 aromatic carbocycles. The molecule has 0 saturated carbocycles. The first-order chi connectivity index (χ1) is 9.08. The van der Waals surface area contributed by atoms with E-state index >= 15 is 0 Å². The van der Waals surface area contributed by atoms with Crippen molar-refractivity contribution in [3.05, 3.63) is 35.4 Å². The molecule has 1 aliphatic rings. The maximum absolute atomic E-state index is 11.7. The Labute approximate surface area is 114 Å². The fourth-order valence-electron chi connectivity index (χ4n) is 2.46. The summed E-state index contributed by atoms with van der Waals surface area (Å²) >= 11 is 0. The van der Waals surface area contributed by atoms with Crippen molar-refractivity contribution >= 4 is 5.91 Å². The number of carbonyl (C=O) groups excluding carboxylic acids is 1.